The minimum atomic E-state index is -0.0966. The van der Waals surface area contributed by atoms with Crippen molar-refractivity contribution in [3.05, 3.63) is 71.0 Å². The molecule has 0 bridgehead atoms. The predicted molar refractivity (Wildman–Crippen MR) is 119 cm³/mol. The molecular formula is C22H23ClN6O. The fourth-order valence-corrected chi connectivity index (χ4v) is 4.67. The van der Waals surface area contributed by atoms with Gasteiger partial charge in [0.05, 0.1) is 34.9 Å². The molecule has 8 heteroatoms. The normalized spacial score (nSPS) is 19.2. The summed E-state index contributed by atoms with van der Waals surface area (Å²) < 4.78 is 3.51. The summed E-state index contributed by atoms with van der Waals surface area (Å²) in [4.78, 5) is 20.1. The van der Waals surface area contributed by atoms with E-state index in [1.54, 1.807) is 6.20 Å². The third-order valence-corrected chi connectivity index (χ3v) is 6.11. The quantitative estimate of drug-likeness (QED) is 0.499. The van der Waals surface area contributed by atoms with E-state index in [1.165, 1.54) is 4.68 Å². The maximum Gasteiger partial charge on any atom is 0.276 e. The van der Waals surface area contributed by atoms with E-state index in [-0.39, 0.29) is 17.0 Å². The summed E-state index contributed by atoms with van der Waals surface area (Å²) >= 11 is 6.40. The van der Waals surface area contributed by atoms with Gasteiger partial charge >= 0.3 is 0 Å². The van der Waals surface area contributed by atoms with Crippen LogP contribution in [0.15, 0.2) is 59.8 Å². The number of aryl methyl sites for hydroxylation is 2. The molecule has 0 radical (unpaired) electrons. The number of anilines is 1. The second-order valence-electron chi connectivity index (χ2n) is 7.74. The van der Waals surface area contributed by atoms with Gasteiger partial charge in [-0.3, -0.25) is 4.79 Å². The molecule has 7 nitrogen and oxygen atoms in total. The van der Waals surface area contributed by atoms with Crippen molar-refractivity contribution in [1.82, 2.24) is 19.2 Å². The minimum absolute atomic E-state index is 0.0351. The Bertz CT molecular complexity index is 1230. The third kappa shape index (κ3) is 3.34. The van der Waals surface area contributed by atoms with Crippen molar-refractivity contribution in [3.63, 3.8) is 0 Å². The first-order chi connectivity index (χ1) is 14.6. The number of imidazole rings is 1. The van der Waals surface area contributed by atoms with Gasteiger partial charge in [0.25, 0.3) is 5.56 Å². The molecule has 0 amide bonds. The van der Waals surface area contributed by atoms with Gasteiger partial charge in [0.1, 0.15) is 5.65 Å². The van der Waals surface area contributed by atoms with Crippen molar-refractivity contribution in [2.45, 2.75) is 30.8 Å². The van der Waals surface area contributed by atoms with Crippen molar-refractivity contribution in [1.29, 1.82) is 0 Å². The zero-order valence-corrected chi connectivity index (χ0v) is 17.2. The van der Waals surface area contributed by atoms with E-state index in [0.717, 1.165) is 28.8 Å². The molecule has 2 N–H and O–H groups in total. The summed E-state index contributed by atoms with van der Waals surface area (Å²) in [6, 6.07) is 11.9. The van der Waals surface area contributed by atoms with Crippen LogP contribution in [0.1, 0.15) is 12.1 Å². The second-order valence-corrected chi connectivity index (χ2v) is 8.35. The molecule has 2 atom stereocenters. The van der Waals surface area contributed by atoms with Gasteiger partial charge in [-0.2, -0.15) is 5.10 Å². The Kier molecular flexibility index (Phi) is 4.92. The van der Waals surface area contributed by atoms with E-state index in [2.05, 4.69) is 15.0 Å². The van der Waals surface area contributed by atoms with Crippen molar-refractivity contribution in [2.75, 3.05) is 18.0 Å². The van der Waals surface area contributed by atoms with Crippen LogP contribution in [0.2, 0.25) is 0 Å². The molecule has 3 aromatic heterocycles. The Morgan fingerprint density at radius 1 is 1.20 bits per heavy atom. The van der Waals surface area contributed by atoms with Gasteiger partial charge in [-0.1, -0.05) is 18.2 Å². The Morgan fingerprint density at radius 3 is 2.93 bits per heavy atom. The summed E-state index contributed by atoms with van der Waals surface area (Å²) in [5.74, 6) is 0. The van der Waals surface area contributed by atoms with Crippen molar-refractivity contribution >= 4 is 33.7 Å². The predicted octanol–water partition coefficient (Wildman–Crippen LogP) is 2.43. The third-order valence-electron chi connectivity index (χ3n) is 5.80. The average molecular weight is 423 g/mol. The van der Waals surface area contributed by atoms with Gasteiger partial charge in [-0.25, -0.2) is 9.67 Å². The smallest absolute Gasteiger partial charge is 0.276 e. The maximum atomic E-state index is 13.4. The van der Waals surface area contributed by atoms with Gasteiger partial charge in [0.15, 0.2) is 0 Å². The second kappa shape index (κ2) is 7.74. The van der Waals surface area contributed by atoms with Gasteiger partial charge < -0.3 is 15.0 Å². The molecule has 4 aromatic rings. The zero-order valence-electron chi connectivity index (χ0n) is 16.5. The number of benzene rings is 1. The van der Waals surface area contributed by atoms with E-state index in [1.807, 2.05) is 53.2 Å². The molecular weight excluding hydrogens is 400 g/mol. The van der Waals surface area contributed by atoms with Gasteiger partial charge in [-0.05, 0) is 24.6 Å². The van der Waals surface area contributed by atoms with Gasteiger partial charge in [-0.15, -0.1) is 11.6 Å². The highest BCUT2D eigenvalue weighted by Gasteiger charge is 2.31. The summed E-state index contributed by atoms with van der Waals surface area (Å²) in [5.41, 5.74) is 8.59. The highest BCUT2D eigenvalue weighted by molar-refractivity contribution is 6.21. The summed E-state index contributed by atoms with van der Waals surface area (Å²) in [6.07, 6.45) is 7.16. The molecule has 1 aliphatic rings. The van der Waals surface area contributed by atoms with E-state index in [0.29, 0.717) is 31.4 Å². The number of halogens is 1. The van der Waals surface area contributed by atoms with Crippen LogP contribution in [0.4, 0.5) is 5.69 Å². The molecule has 4 heterocycles. The highest BCUT2D eigenvalue weighted by atomic mass is 35.5. The number of pyridine rings is 1. The molecule has 5 rings (SSSR count). The molecule has 0 aliphatic carbocycles. The molecule has 154 valence electrons. The SMILES string of the molecule is NCC1CC(Cl)CN1c1cccc2cnn(CCc3cn4ccccc4n3)c(=O)c12. The fraction of sp³-hybridized carbons (Fsp3) is 0.318. The van der Waals surface area contributed by atoms with Crippen molar-refractivity contribution in [2.24, 2.45) is 5.73 Å². The lowest BCUT2D eigenvalue weighted by atomic mass is 10.1. The Hall–Kier alpha value is -2.90. The van der Waals surface area contributed by atoms with Crippen LogP contribution in [-0.4, -0.2) is 43.7 Å². The van der Waals surface area contributed by atoms with Crippen LogP contribution in [0.5, 0.6) is 0 Å². The van der Waals surface area contributed by atoms with E-state index in [4.69, 9.17) is 17.3 Å². The van der Waals surface area contributed by atoms with Crippen LogP contribution in [0, 0.1) is 0 Å². The summed E-state index contributed by atoms with van der Waals surface area (Å²) in [5, 5.41) is 5.93. The first kappa shape index (κ1) is 19.1. The van der Waals surface area contributed by atoms with Gasteiger partial charge in [0, 0.05) is 43.3 Å². The Balaban J connectivity index is 1.49. The number of hydrogen-bond donors (Lipinski definition) is 1. The van der Waals surface area contributed by atoms with Crippen LogP contribution >= 0.6 is 11.6 Å². The number of rotatable bonds is 5. The molecule has 2 unspecified atom stereocenters. The first-order valence-corrected chi connectivity index (χ1v) is 10.6. The Morgan fingerprint density at radius 2 is 2.10 bits per heavy atom. The molecule has 1 aliphatic heterocycles. The van der Waals surface area contributed by atoms with Crippen LogP contribution in [-0.2, 0) is 13.0 Å². The summed E-state index contributed by atoms with van der Waals surface area (Å²) in [6.45, 7) is 1.66. The minimum Gasteiger partial charge on any atom is -0.365 e. The van der Waals surface area contributed by atoms with Crippen LogP contribution in [0.25, 0.3) is 16.4 Å². The Labute approximate surface area is 178 Å². The zero-order chi connectivity index (χ0) is 20.7. The first-order valence-electron chi connectivity index (χ1n) is 10.2. The van der Waals surface area contributed by atoms with Crippen molar-refractivity contribution in [3.8, 4) is 0 Å². The molecule has 0 saturated carbocycles. The maximum absolute atomic E-state index is 13.4. The van der Waals surface area contributed by atoms with Gasteiger partial charge in [0.2, 0.25) is 0 Å². The lowest BCUT2D eigenvalue weighted by molar-refractivity contribution is 0.580. The fourth-order valence-electron chi connectivity index (χ4n) is 4.32. The summed E-state index contributed by atoms with van der Waals surface area (Å²) in [7, 11) is 0. The molecule has 1 fully saturated rings. The number of hydrogen-bond acceptors (Lipinski definition) is 5. The van der Waals surface area contributed by atoms with Crippen LogP contribution < -0.4 is 16.2 Å². The lowest BCUT2D eigenvalue weighted by Crippen LogP contribution is -2.36. The number of alkyl halides is 1. The molecule has 1 saturated heterocycles. The lowest BCUT2D eigenvalue weighted by Gasteiger charge is -2.26. The monoisotopic (exact) mass is 422 g/mol. The largest absolute Gasteiger partial charge is 0.365 e. The number of nitrogens with two attached hydrogens (primary N) is 1. The van der Waals surface area contributed by atoms with E-state index in [9.17, 15) is 4.79 Å². The van der Waals surface area contributed by atoms with Crippen molar-refractivity contribution < 1.29 is 0 Å². The molecule has 30 heavy (non-hydrogen) atoms. The number of nitrogens with zero attached hydrogens (tertiary/aromatic N) is 5. The molecule has 1 aromatic carbocycles. The average Bonchev–Trinajstić information content (AvgIpc) is 3.35. The standard InChI is InChI=1S/C22H23ClN6O/c23-16-10-18(11-24)28(13-16)19-5-3-4-15-12-25-29(22(30)21(15)19)9-7-17-14-27-8-2-1-6-20(27)26-17/h1-6,8,12,14,16,18H,7,9-11,13,24H2. The van der Waals surface area contributed by atoms with E-state index >= 15 is 0 Å². The van der Waals surface area contributed by atoms with Crippen LogP contribution in [0.3, 0.4) is 0 Å². The topological polar surface area (TPSA) is 81.4 Å². The number of aromatic nitrogens is 4. The molecule has 0 spiro atoms. The highest BCUT2D eigenvalue weighted by Crippen LogP contribution is 2.31. The number of fused-ring (bicyclic) bond motifs is 2. The van der Waals surface area contributed by atoms with E-state index < -0.39 is 0 Å².